The summed E-state index contributed by atoms with van der Waals surface area (Å²) in [5, 5.41) is 11.4. The van der Waals surface area contributed by atoms with E-state index in [1.165, 1.54) is 0 Å². The van der Waals surface area contributed by atoms with Gasteiger partial charge in [0.25, 0.3) is 5.91 Å². The number of fused-ring (bicyclic) bond motifs is 1. The average Bonchev–Trinajstić information content (AvgIpc) is 2.99. The lowest BCUT2D eigenvalue weighted by Crippen LogP contribution is -2.33. The van der Waals surface area contributed by atoms with Gasteiger partial charge in [-0.05, 0) is 26.3 Å². The molecule has 0 radical (unpaired) electrons. The number of carbonyl (C=O) groups excluding carboxylic acids is 1. The molecule has 24 heavy (non-hydrogen) atoms. The Kier molecular flexibility index (Phi) is 6.69. The molecule has 1 atom stereocenters. The summed E-state index contributed by atoms with van der Waals surface area (Å²) in [4.78, 5) is 17.1. The summed E-state index contributed by atoms with van der Waals surface area (Å²) >= 11 is 0. The number of rotatable bonds is 9. The van der Waals surface area contributed by atoms with E-state index in [1.54, 1.807) is 13.3 Å². The Morgan fingerprint density at radius 2 is 2.17 bits per heavy atom. The van der Waals surface area contributed by atoms with Gasteiger partial charge in [0.2, 0.25) is 0 Å². The molecule has 0 saturated carbocycles. The van der Waals surface area contributed by atoms with Gasteiger partial charge in [-0.25, -0.2) is 9.67 Å². The number of ether oxygens (including phenoxy) is 1. The van der Waals surface area contributed by atoms with Crippen molar-refractivity contribution in [1.82, 2.24) is 25.4 Å². The van der Waals surface area contributed by atoms with Gasteiger partial charge in [-0.2, -0.15) is 5.10 Å². The Labute approximate surface area is 142 Å². The molecule has 2 aromatic rings. The van der Waals surface area contributed by atoms with Gasteiger partial charge in [0.05, 0.1) is 29.8 Å². The molecule has 0 bridgehead atoms. The number of aryl methyl sites for hydroxylation is 1. The lowest BCUT2D eigenvalue weighted by Gasteiger charge is -2.11. The molecule has 132 valence electrons. The number of nitrogens with one attached hydrogen (secondary N) is 2. The topological polar surface area (TPSA) is 81.1 Å². The first-order valence-electron chi connectivity index (χ1n) is 8.41. The van der Waals surface area contributed by atoms with E-state index >= 15 is 0 Å². The normalized spacial score (nSPS) is 12.5. The fraction of sp³-hybridized carbons (Fsp3) is 0.588. The van der Waals surface area contributed by atoms with Crippen LogP contribution in [0.5, 0.6) is 0 Å². The molecule has 0 saturated heterocycles. The maximum Gasteiger partial charge on any atom is 0.252 e. The van der Waals surface area contributed by atoms with Crippen LogP contribution in [0.25, 0.3) is 11.0 Å². The predicted octanol–water partition coefficient (Wildman–Crippen LogP) is 1.68. The van der Waals surface area contributed by atoms with Crippen molar-refractivity contribution >= 4 is 16.9 Å². The molecule has 0 fully saturated rings. The molecule has 7 heteroatoms. The minimum atomic E-state index is -0.0947. The number of carbonyl (C=O) groups is 1. The first-order valence-corrected chi connectivity index (χ1v) is 8.41. The monoisotopic (exact) mass is 333 g/mol. The first-order chi connectivity index (χ1) is 11.6. The Balaban J connectivity index is 2.10. The molecule has 2 N–H and O–H groups in total. The maximum absolute atomic E-state index is 12.5. The zero-order valence-corrected chi connectivity index (χ0v) is 14.9. The van der Waals surface area contributed by atoms with Gasteiger partial charge in [-0.1, -0.05) is 6.92 Å². The molecule has 2 aromatic heterocycles. The standard InChI is InChI=1S/C17H27N5O2/c1-5-13(3)22-16-15(11-20-22)14(10-12(2)21-16)17(23)19-7-6-18-8-9-24-4/h10-11,13,18H,5-9H2,1-4H3,(H,19,23). The second kappa shape index (κ2) is 8.75. The molecule has 1 amide bonds. The van der Waals surface area contributed by atoms with Gasteiger partial charge in [-0.3, -0.25) is 4.79 Å². The second-order valence-electron chi connectivity index (χ2n) is 5.89. The van der Waals surface area contributed by atoms with Crippen LogP contribution in [-0.2, 0) is 4.74 Å². The fourth-order valence-corrected chi connectivity index (χ4v) is 2.49. The summed E-state index contributed by atoms with van der Waals surface area (Å²) in [6.45, 7) is 8.80. The third kappa shape index (κ3) is 4.30. The molecule has 0 aliphatic heterocycles. The lowest BCUT2D eigenvalue weighted by molar-refractivity contribution is 0.0955. The van der Waals surface area contributed by atoms with Crippen molar-refractivity contribution in [2.24, 2.45) is 0 Å². The van der Waals surface area contributed by atoms with Gasteiger partial charge < -0.3 is 15.4 Å². The molecule has 0 aliphatic rings. The highest BCUT2D eigenvalue weighted by Gasteiger charge is 2.17. The van der Waals surface area contributed by atoms with Gasteiger partial charge in [0, 0.05) is 32.4 Å². The number of pyridine rings is 1. The summed E-state index contributed by atoms with van der Waals surface area (Å²) < 4.78 is 6.86. The van der Waals surface area contributed by atoms with Crippen molar-refractivity contribution in [3.63, 3.8) is 0 Å². The predicted molar refractivity (Wildman–Crippen MR) is 94.3 cm³/mol. The number of methoxy groups -OCH3 is 1. The molecule has 2 rings (SSSR count). The van der Waals surface area contributed by atoms with E-state index < -0.39 is 0 Å². The van der Waals surface area contributed by atoms with E-state index in [2.05, 4.69) is 34.6 Å². The fourth-order valence-electron chi connectivity index (χ4n) is 2.49. The Morgan fingerprint density at radius 3 is 2.88 bits per heavy atom. The summed E-state index contributed by atoms with van der Waals surface area (Å²) in [6, 6.07) is 2.07. The summed E-state index contributed by atoms with van der Waals surface area (Å²) in [6.07, 6.45) is 2.70. The molecular weight excluding hydrogens is 306 g/mol. The van der Waals surface area contributed by atoms with Crippen molar-refractivity contribution in [3.8, 4) is 0 Å². The van der Waals surface area contributed by atoms with Crippen molar-refractivity contribution < 1.29 is 9.53 Å². The molecule has 2 heterocycles. The SMILES string of the molecule is CCC(C)n1ncc2c(C(=O)NCCNCCOC)cc(C)nc21. The van der Waals surface area contributed by atoms with E-state index in [9.17, 15) is 4.79 Å². The van der Waals surface area contributed by atoms with Crippen LogP contribution in [0.2, 0.25) is 0 Å². The molecule has 1 unspecified atom stereocenters. The van der Waals surface area contributed by atoms with Crippen LogP contribution in [0.4, 0.5) is 0 Å². The molecule has 0 aromatic carbocycles. The highest BCUT2D eigenvalue weighted by Crippen LogP contribution is 2.22. The van der Waals surface area contributed by atoms with Crippen molar-refractivity contribution in [2.75, 3.05) is 33.4 Å². The van der Waals surface area contributed by atoms with Crippen LogP contribution < -0.4 is 10.6 Å². The van der Waals surface area contributed by atoms with Crippen LogP contribution in [0.15, 0.2) is 12.3 Å². The minimum Gasteiger partial charge on any atom is -0.383 e. The summed E-state index contributed by atoms with van der Waals surface area (Å²) in [7, 11) is 1.67. The van der Waals surface area contributed by atoms with Crippen LogP contribution in [-0.4, -0.2) is 54.0 Å². The Morgan fingerprint density at radius 1 is 1.38 bits per heavy atom. The highest BCUT2D eigenvalue weighted by atomic mass is 16.5. The molecule has 0 aliphatic carbocycles. The number of hydrogen-bond acceptors (Lipinski definition) is 5. The number of hydrogen-bond donors (Lipinski definition) is 2. The van der Waals surface area contributed by atoms with Crippen molar-refractivity contribution in [1.29, 1.82) is 0 Å². The molecular formula is C17H27N5O2. The van der Waals surface area contributed by atoms with Crippen LogP contribution in [0, 0.1) is 6.92 Å². The molecule has 7 nitrogen and oxygen atoms in total. The number of amides is 1. The zero-order chi connectivity index (χ0) is 17.5. The quantitative estimate of drug-likeness (QED) is 0.682. The largest absolute Gasteiger partial charge is 0.383 e. The average molecular weight is 333 g/mol. The number of aromatic nitrogens is 3. The van der Waals surface area contributed by atoms with Crippen molar-refractivity contribution in [3.05, 3.63) is 23.5 Å². The van der Waals surface area contributed by atoms with Crippen LogP contribution in [0.1, 0.15) is 42.4 Å². The lowest BCUT2D eigenvalue weighted by atomic mass is 10.1. The Bertz CT molecular complexity index is 683. The smallest absolute Gasteiger partial charge is 0.252 e. The minimum absolute atomic E-state index is 0.0947. The van der Waals surface area contributed by atoms with Gasteiger partial charge in [0.15, 0.2) is 5.65 Å². The van der Waals surface area contributed by atoms with Gasteiger partial charge >= 0.3 is 0 Å². The second-order valence-corrected chi connectivity index (χ2v) is 5.89. The maximum atomic E-state index is 12.5. The summed E-state index contributed by atoms with van der Waals surface area (Å²) in [5.74, 6) is -0.0947. The third-order valence-electron chi connectivity index (χ3n) is 4.02. The zero-order valence-electron chi connectivity index (χ0n) is 14.9. The van der Waals surface area contributed by atoms with E-state index in [-0.39, 0.29) is 11.9 Å². The van der Waals surface area contributed by atoms with Gasteiger partial charge in [-0.15, -0.1) is 0 Å². The van der Waals surface area contributed by atoms with Gasteiger partial charge in [0.1, 0.15) is 0 Å². The first kappa shape index (κ1) is 18.4. The van der Waals surface area contributed by atoms with E-state index in [1.807, 2.05) is 17.7 Å². The highest BCUT2D eigenvalue weighted by molar-refractivity contribution is 6.05. The van der Waals surface area contributed by atoms with E-state index in [0.717, 1.165) is 29.7 Å². The molecule has 0 spiro atoms. The summed E-state index contributed by atoms with van der Waals surface area (Å²) in [5.41, 5.74) is 2.22. The van der Waals surface area contributed by atoms with E-state index in [4.69, 9.17) is 4.74 Å². The third-order valence-corrected chi connectivity index (χ3v) is 4.02. The van der Waals surface area contributed by atoms with Crippen molar-refractivity contribution in [2.45, 2.75) is 33.2 Å². The number of nitrogens with zero attached hydrogens (tertiary/aromatic N) is 3. The Hall–Kier alpha value is -1.99. The van der Waals surface area contributed by atoms with Crippen LogP contribution in [0.3, 0.4) is 0 Å². The van der Waals surface area contributed by atoms with E-state index in [0.29, 0.717) is 25.3 Å². The van der Waals surface area contributed by atoms with Crippen LogP contribution >= 0.6 is 0 Å².